The Morgan fingerprint density at radius 3 is 2.77 bits per heavy atom. The van der Waals surface area contributed by atoms with Crippen LogP contribution in [0.2, 0.25) is 0 Å². The van der Waals surface area contributed by atoms with Gasteiger partial charge in [-0.3, -0.25) is 0 Å². The Balaban J connectivity index is 1.52. The summed E-state index contributed by atoms with van der Waals surface area (Å²) in [5.41, 5.74) is -0.557. The normalized spacial score (nSPS) is 18.6. The fourth-order valence-electron chi connectivity index (χ4n) is 4.18. The molecule has 1 fully saturated rings. The van der Waals surface area contributed by atoms with Crippen LogP contribution >= 0.6 is 0 Å². The summed E-state index contributed by atoms with van der Waals surface area (Å²) in [6.07, 6.45) is 2.23. The van der Waals surface area contributed by atoms with Crippen molar-refractivity contribution < 1.29 is 27.5 Å². The zero-order chi connectivity index (χ0) is 28.4. The first-order valence-corrected chi connectivity index (χ1v) is 13.9. The van der Waals surface area contributed by atoms with E-state index in [4.69, 9.17) is 0 Å². The molecule has 0 bridgehead atoms. The number of hydrogen-bond donors (Lipinski definition) is 3. The van der Waals surface area contributed by atoms with Gasteiger partial charge in [0.15, 0.2) is 0 Å². The fourth-order valence-corrected chi connectivity index (χ4v) is 5.61. The molecule has 4 heterocycles. The van der Waals surface area contributed by atoms with Crippen LogP contribution in [-0.4, -0.2) is 99.8 Å². The van der Waals surface area contributed by atoms with Gasteiger partial charge in [-0.1, -0.05) is 0 Å². The Hall–Kier alpha value is -3.11. The van der Waals surface area contributed by atoms with E-state index in [0.29, 0.717) is 18.8 Å². The first kappa shape index (κ1) is 28.9. The van der Waals surface area contributed by atoms with Gasteiger partial charge in [0.05, 0.1) is 0 Å². The predicted octanol–water partition coefficient (Wildman–Crippen LogP) is 1.39. The molecular formula is C25H29F4N7O2Se. The van der Waals surface area contributed by atoms with Crippen molar-refractivity contribution in [3.05, 3.63) is 41.9 Å². The number of likely N-dealkylation sites (tertiary alicyclic amines) is 1. The first-order chi connectivity index (χ1) is 18.3. The average molecular weight is 615 g/mol. The Bertz CT molecular complexity index is 1390. The number of hydrogen-bond acceptors (Lipinski definition) is 6. The molecule has 3 aromatic rings. The molecule has 9 nitrogen and oxygen atoms in total. The number of halogens is 4. The quantitative estimate of drug-likeness (QED) is 0.212. The summed E-state index contributed by atoms with van der Waals surface area (Å²) in [5, 5.41) is 19.5. The van der Waals surface area contributed by atoms with Crippen LogP contribution in [0.15, 0.2) is 30.6 Å². The Kier molecular flexibility index (Phi) is 8.56. The van der Waals surface area contributed by atoms with Crippen molar-refractivity contribution in [2.45, 2.75) is 49.7 Å². The molecule has 39 heavy (non-hydrogen) atoms. The van der Waals surface area contributed by atoms with E-state index in [1.807, 2.05) is 11.9 Å². The number of amides is 1. The van der Waals surface area contributed by atoms with Gasteiger partial charge in [-0.2, -0.15) is 0 Å². The molecule has 0 spiro atoms. The summed E-state index contributed by atoms with van der Waals surface area (Å²) >= 11 is -1.92. The number of carbonyl (C=O) groups excluding carboxylic acids is 1. The number of rotatable bonds is 7. The SMILES string of the molecule is CN1CC[C@@H](Nc2cccc3c([Se]C(F)(F)F)c(C#CCNC(=O)c4cnn(CC(C)(C)O)c4)nn23)[C@@H](F)C1. The molecule has 1 aliphatic rings. The molecule has 3 aromatic heterocycles. The second-order valence-corrected chi connectivity index (χ2v) is 12.2. The second-order valence-electron chi connectivity index (χ2n) is 9.97. The van der Waals surface area contributed by atoms with Crippen molar-refractivity contribution in [1.29, 1.82) is 0 Å². The fraction of sp³-hybridized carbons (Fsp3) is 0.480. The van der Waals surface area contributed by atoms with E-state index in [1.165, 1.54) is 27.7 Å². The Morgan fingerprint density at radius 2 is 2.08 bits per heavy atom. The molecule has 0 aromatic carbocycles. The van der Waals surface area contributed by atoms with Gasteiger partial charge in [-0.15, -0.1) is 0 Å². The summed E-state index contributed by atoms with van der Waals surface area (Å²) in [6.45, 7) is 4.24. The summed E-state index contributed by atoms with van der Waals surface area (Å²) < 4.78 is 57.7. The van der Waals surface area contributed by atoms with Gasteiger partial charge in [0, 0.05) is 0 Å². The molecule has 0 unspecified atom stereocenters. The van der Waals surface area contributed by atoms with Crippen molar-refractivity contribution in [2.24, 2.45) is 0 Å². The summed E-state index contributed by atoms with van der Waals surface area (Å²) in [4.78, 5) is 14.3. The van der Waals surface area contributed by atoms with Gasteiger partial charge in [-0.25, -0.2) is 0 Å². The maximum atomic E-state index is 14.6. The number of aliphatic hydroxyl groups is 1. The van der Waals surface area contributed by atoms with E-state index in [1.54, 1.807) is 26.0 Å². The first-order valence-electron chi connectivity index (χ1n) is 12.2. The third kappa shape index (κ3) is 7.73. The molecule has 0 radical (unpaired) electrons. The molecule has 3 N–H and O–H groups in total. The van der Waals surface area contributed by atoms with Crippen LogP contribution in [0.3, 0.4) is 0 Å². The van der Waals surface area contributed by atoms with Crippen LogP contribution < -0.4 is 15.1 Å². The van der Waals surface area contributed by atoms with Crippen molar-refractivity contribution >= 4 is 36.7 Å². The van der Waals surface area contributed by atoms with Crippen LogP contribution in [0, 0.1) is 11.8 Å². The number of fused-ring (bicyclic) bond motifs is 1. The van der Waals surface area contributed by atoms with Gasteiger partial charge in [-0.05, 0) is 13.8 Å². The number of anilines is 1. The standard InChI is InChI=1S/C25H29F4N7O2Se/c1-24(2,38)15-35-13-16(12-31-35)23(37)30-10-5-6-19-22(39-25(27,28)29)20-7-4-8-21(36(20)33-19)32-18-9-11-34(3)14-17(18)26/h4,7-8,12-13,17-18,32,38H,9-11,14-15H2,1-3H3,(H,30,37)/t17-,18+/m0/s1. The topological polar surface area (TPSA) is 99.7 Å². The zero-order valence-electron chi connectivity index (χ0n) is 21.6. The molecule has 14 heteroatoms. The van der Waals surface area contributed by atoms with Crippen LogP contribution in [0.25, 0.3) is 5.52 Å². The molecule has 1 aliphatic heterocycles. The monoisotopic (exact) mass is 615 g/mol. The molecule has 1 saturated heterocycles. The van der Waals surface area contributed by atoms with Crippen LogP contribution in [0.5, 0.6) is 0 Å². The van der Waals surface area contributed by atoms with Crippen molar-refractivity contribution in [1.82, 2.24) is 29.6 Å². The van der Waals surface area contributed by atoms with E-state index in [0.717, 1.165) is 0 Å². The molecule has 0 saturated carbocycles. The third-order valence-corrected chi connectivity index (χ3v) is 7.65. The van der Waals surface area contributed by atoms with Crippen molar-refractivity contribution in [2.75, 3.05) is 32.0 Å². The van der Waals surface area contributed by atoms with E-state index in [-0.39, 0.29) is 40.9 Å². The van der Waals surface area contributed by atoms with E-state index in [9.17, 15) is 27.5 Å². The van der Waals surface area contributed by atoms with Crippen molar-refractivity contribution in [3.63, 3.8) is 0 Å². The van der Waals surface area contributed by atoms with E-state index >= 15 is 0 Å². The number of carbonyl (C=O) groups is 1. The third-order valence-electron chi connectivity index (χ3n) is 5.90. The molecule has 2 atom stereocenters. The van der Waals surface area contributed by atoms with Crippen molar-refractivity contribution in [3.8, 4) is 11.8 Å². The zero-order valence-corrected chi connectivity index (χ0v) is 23.3. The number of pyridine rings is 1. The van der Waals surface area contributed by atoms with Gasteiger partial charge < -0.3 is 5.11 Å². The van der Waals surface area contributed by atoms with E-state index in [2.05, 4.69) is 32.7 Å². The average Bonchev–Trinajstić information content (AvgIpc) is 3.41. The van der Waals surface area contributed by atoms with E-state index < -0.39 is 43.8 Å². The number of aromatic nitrogens is 4. The predicted molar refractivity (Wildman–Crippen MR) is 139 cm³/mol. The number of nitrogens with one attached hydrogen (secondary N) is 2. The van der Waals surface area contributed by atoms with Crippen LogP contribution in [0.4, 0.5) is 23.4 Å². The minimum absolute atomic E-state index is 0.0365. The van der Waals surface area contributed by atoms with Gasteiger partial charge >= 0.3 is 210 Å². The van der Waals surface area contributed by atoms with Gasteiger partial charge in [0.2, 0.25) is 0 Å². The Morgan fingerprint density at radius 1 is 1.31 bits per heavy atom. The van der Waals surface area contributed by atoms with Crippen LogP contribution in [-0.2, 0) is 6.54 Å². The summed E-state index contributed by atoms with van der Waals surface area (Å²) in [7, 11) is 1.83. The summed E-state index contributed by atoms with van der Waals surface area (Å²) in [6, 6.07) is 4.28. The van der Waals surface area contributed by atoms with Gasteiger partial charge in [0.1, 0.15) is 0 Å². The number of nitrogens with zero attached hydrogens (tertiary/aromatic N) is 5. The molecular weight excluding hydrogens is 585 g/mol. The Labute approximate surface area is 229 Å². The number of alkyl halides is 4. The van der Waals surface area contributed by atoms with Gasteiger partial charge in [0.25, 0.3) is 0 Å². The summed E-state index contributed by atoms with van der Waals surface area (Å²) in [5.74, 6) is 5.27. The maximum absolute atomic E-state index is 14.6. The molecule has 1 amide bonds. The number of piperidine rings is 1. The molecule has 4 rings (SSSR count). The molecule has 210 valence electrons. The minimum atomic E-state index is -4.44. The van der Waals surface area contributed by atoms with Crippen LogP contribution in [0.1, 0.15) is 36.3 Å². The molecule has 0 aliphatic carbocycles. The second kappa shape index (κ2) is 11.6.